The average molecular weight is 266 g/mol. The number of rotatable bonds is 4. The highest BCUT2D eigenvalue weighted by atomic mass is 35.5. The summed E-state index contributed by atoms with van der Waals surface area (Å²) in [7, 11) is 0. The van der Waals surface area contributed by atoms with E-state index in [-0.39, 0.29) is 12.5 Å². The Balaban J connectivity index is 1.92. The molecule has 2 N–H and O–H groups in total. The fraction of sp³-hybridized carbons (Fsp3) is 0.154. The molecule has 0 fully saturated rings. The molecule has 0 aliphatic rings. The molecule has 0 saturated carbocycles. The number of aliphatic hydroxyl groups is 1. The maximum atomic E-state index is 11.8. The first-order valence-corrected chi connectivity index (χ1v) is 5.78. The van der Waals surface area contributed by atoms with Crippen molar-refractivity contribution in [3.63, 3.8) is 0 Å². The Bertz CT molecular complexity index is 525. The van der Waals surface area contributed by atoms with Gasteiger partial charge in [0.2, 0.25) is 0 Å². The van der Waals surface area contributed by atoms with Crippen molar-refractivity contribution >= 4 is 17.5 Å². The maximum Gasteiger partial charge on any atom is 0.251 e. The Morgan fingerprint density at radius 2 is 2.28 bits per heavy atom. The lowest BCUT2D eigenvalue weighted by atomic mass is 10.2. The quantitative estimate of drug-likeness (QED) is 0.892. The molecular weight excluding hydrogens is 254 g/mol. The number of aliphatic hydroxyl groups excluding tert-OH is 1. The molecule has 0 radical (unpaired) electrons. The van der Waals surface area contributed by atoms with Gasteiger partial charge in [-0.2, -0.15) is 0 Å². The number of nitrogens with one attached hydrogen (secondary N) is 1. The molecule has 0 bridgehead atoms. The van der Waals surface area contributed by atoms with E-state index in [0.717, 1.165) is 0 Å². The van der Waals surface area contributed by atoms with Crippen molar-refractivity contribution in [3.05, 3.63) is 59.0 Å². The van der Waals surface area contributed by atoms with Crippen LogP contribution in [0.25, 0.3) is 0 Å². The van der Waals surface area contributed by atoms with Crippen molar-refractivity contribution < 1.29 is 14.3 Å². The van der Waals surface area contributed by atoms with Gasteiger partial charge in [-0.05, 0) is 24.3 Å². The predicted octanol–water partition coefficient (Wildman–Crippen LogP) is 2.40. The lowest BCUT2D eigenvalue weighted by Crippen LogP contribution is -2.28. The van der Waals surface area contributed by atoms with Crippen LogP contribution < -0.4 is 5.32 Å². The number of furan rings is 1. The number of hydrogen-bond donors (Lipinski definition) is 2. The first-order chi connectivity index (χ1) is 8.66. The van der Waals surface area contributed by atoms with Crippen molar-refractivity contribution in [3.8, 4) is 0 Å². The Kier molecular flexibility index (Phi) is 4.02. The monoisotopic (exact) mass is 265 g/mol. The summed E-state index contributed by atoms with van der Waals surface area (Å²) in [6, 6.07) is 8.27. The molecule has 0 spiro atoms. The summed E-state index contributed by atoms with van der Waals surface area (Å²) in [4.78, 5) is 11.8. The van der Waals surface area contributed by atoms with E-state index < -0.39 is 6.10 Å². The van der Waals surface area contributed by atoms with E-state index in [9.17, 15) is 9.90 Å². The summed E-state index contributed by atoms with van der Waals surface area (Å²) >= 11 is 5.79. The lowest BCUT2D eigenvalue weighted by Gasteiger charge is -2.10. The molecule has 2 aromatic rings. The summed E-state index contributed by atoms with van der Waals surface area (Å²) in [6.45, 7) is 0.116. The van der Waals surface area contributed by atoms with Crippen LogP contribution in [0.15, 0.2) is 47.3 Å². The minimum atomic E-state index is -0.785. The fourth-order valence-electron chi connectivity index (χ4n) is 1.50. The Hall–Kier alpha value is -1.78. The Morgan fingerprint density at radius 1 is 1.44 bits per heavy atom. The van der Waals surface area contributed by atoms with Crippen LogP contribution in [0.1, 0.15) is 22.0 Å². The SMILES string of the molecule is O=C(NC[C@H](O)c1ccoc1)c1cccc(Cl)c1. The largest absolute Gasteiger partial charge is 0.472 e. The molecular formula is C13H12ClNO3. The van der Waals surface area contributed by atoms with Gasteiger partial charge in [-0.1, -0.05) is 17.7 Å². The number of hydrogen-bond acceptors (Lipinski definition) is 3. The van der Waals surface area contributed by atoms with Crippen LogP contribution in [0.3, 0.4) is 0 Å². The van der Waals surface area contributed by atoms with Gasteiger partial charge in [-0.3, -0.25) is 4.79 Å². The third kappa shape index (κ3) is 3.12. The van der Waals surface area contributed by atoms with E-state index in [0.29, 0.717) is 16.1 Å². The number of carbonyl (C=O) groups is 1. The second-order valence-electron chi connectivity index (χ2n) is 3.79. The molecule has 1 aromatic carbocycles. The van der Waals surface area contributed by atoms with Crippen molar-refractivity contribution in [1.29, 1.82) is 0 Å². The zero-order valence-electron chi connectivity index (χ0n) is 9.47. The van der Waals surface area contributed by atoms with Gasteiger partial charge in [0.1, 0.15) is 0 Å². The average Bonchev–Trinajstić information content (AvgIpc) is 2.89. The molecule has 1 amide bonds. The first-order valence-electron chi connectivity index (χ1n) is 5.41. The van der Waals surface area contributed by atoms with Gasteiger partial charge in [-0.25, -0.2) is 0 Å². The summed E-state index contributed by atoms with van der Waals surface area (Å²) in [6.07, 6.45) is 2.12. The maximum absolute atomic E-state index is 11.8. The van der Waals surface area contributed by atoms with Crippen molar-refractivity contribution in [2.75, 3.05) is 6.54 Å². The molecule has 4 nitrogen and oxygen atoms in total. The van der Waals surface area contributed by atoms with E-state index in [1.165, 1.54) is 12.5 Å². The van der Waals surface area contributed by atoms with E-state index in [4.69, 9.17) is 16.0 Å². The van der Waals surface area contributed by atoms with Gasteiger partial charge < -0.3 is 14.8 Å². The fourth-order valence-corrected chi connectivity index (χ4v) is 1.69. The van der Waals surface area contributed by atoms with Gasteiger partial charge in [0.05, 0.1) is 18.6 Å². The van der Waals surface area contributed by atoms with Crippen LogP contribution in [0.2, 0.25) is 5.02 Å². The van der Waals surface area contributed by atoms with Crippen LogP contribution in [0.4, 0.5) is 0 Å². The van der Waals surface area contributed by atoms with Crippen molar-refractivity contribution in [2.24, 2.45) is 0 Å². The molecule has 0 saturated heterocycles. The highest BCUT2D eigenvalue weighted by molar-refractivity contribution is 6.30. The number of benzene rings is 1. The third-order valence-corrected chi connectivity index (χ3v) is 2.71. The van der Waals surface area contributed by atoms with Crippen molar-refractivity contribution in [1.82, 2.24) is 5.32 Å². The molecule has 0 unspecified atom stereocenters. The topological polar surface area (TPSA) is 62.5 Å². The molecule has 1 heterocycles. The normalized spacial score (nSPS) is 12.1. The number of carbonyl (C=O) groups excluding carboxylic acids is 1. The van der Waals surface area contributed by atoms with E-state index >= 15 is 0 Å². The van der Waals surface area contributed by atoms with Crippen LogP contribution in [-0.2, 0) is 0 Å². The Labute approximate surface area is 109 Å². The van der Waals surface area contributed by atoms with Crippen LogP contribution in [-0.4, -0.2) is 17.6 Å². The standard InChI is InChI=1S/C13H12ClNO3/c14-11-3-1-2-9(6-11)13(17)15-7-12(16)10-4-5-18-8-10/h1-6,8,12,16H,7H2,(H,15,17)/t12-/m0/s1. The zero-order chi connectivity index (χ0) is 13.0. The first kappa shape index (κ1) is 12.7. The van der Waals surface area contributed by atoms with Crippen LogP contribution in [0.5, 0.6) is 0 Å². The highest BCUT2D eigenvalue weighted by Gasteiger charge is 2.11. The second-order valence-corrected chi connectivity index (χ2v) is 4.23. The zero-order valence-corrected chi connectivity index (χ0v) is 10.2. The highest BCUT2D eigenvalue weighted by Crippen LogP contribution is 2.13. The molecule has 94 valence electrons. The van der Waals surface area contributed by atoms with Crippen molar-refractivity contribution in [2.45, 2.75) is 6.10 Å². The van der Waals surface area contributed by atoms with Gasteiger partial charge in [0.25, 0.3) is 5.91 Å². The summed E-state index contributed by atoms with van der Waals surface area (Å²) in [5.74, 6) is -0.278. The molecule has 2 rings (SSSR count). The molecule has 0 aliphatic heterocycles. The molecule has 1 atom stereocenters. The molecule has 5 heteroatoms. The smallest absolute Gasteiger partial charge is 0.251 e. The number of amides is 1. The minimum absolute atomic E-state index is 0.116. The molecule has 0 aliphatic carbocycles. The summed E-state index contributed by atoms with van der Waals surface area (Å²) in [5.41, 5.74) is 1.09. The second kappa shape index (κ2) is 5.71. The predicted molar refractivity (Wildman–Crippen MR) is 67.5 cm³/mol. The molecule has 1 aromatic heterocycles. The van der Waals surface area contributed by atoms with E-state index in [1.54, 1.807) is 30.3 Å². The van der Waals surface area contributed by atoms with Gasteiger partial charge in [-0.15, -0.1) is 0 Å². The van der Waals surface area contributed by atoms with Gasteiger partial charge >= 0.3 is 0 Å². The van der Waals surface area contributed by atoms with E-state index in [2.05, 4.69) is 5.32 Å². The van der Waals surface area contributed by atoms with Crippen LogP contribution >= 0.6 is 11.6 Å². The number of halogens is 1. The third-order valence-electron chi connectivity index (χ3n) is 2.47. The van der Waals surface area contributed by atoms with Gasteiger partial charge in [0, 0.05) is 22.7 Å². The van der Waals surface area contributed by atoms with E-state index in [1.807, 2.05) is 0 Å². The van der Waals surface area contributed by atoms with Gasteiger partial charge in [0.15, 0.2) is 0 Å². The summed E-state index contributed by atoms with van der Waals surface area (Å²) in [5, 5.41) is 12.9. The van der Waals surface area contributed by atoms with Crippen LogP contribution in [0, 0.1) is 0 Å². The summed E-state index contributed by atoms with van der Waals surface area (Å²) < 4.78 is 4.85. The molecule has 18 heavy (non-hydrogen) atoms. The Morgan fingerprint density at radius 3 is 2.94 bits per heavy atom. The lowest BCUT2D eigenvalue weighted by molar-refractivity contribution is 0.0916. The minimum Gasteiger partial charge on any atom is -0.472 e.